The summed E-state index contributed by atoms with van der Waals surface area (Å²) < 4.78 is 0. The first-order valence-electron chi connectivity index (χ1n) is 5.70. The summed E-state index contributed by atoms with van der Waals surface area (Å²) in [7, 11) is 0. The monoisotopic (exact) mass is 252 g/mol. The Labute approximate surface area is 109 Å². The largest absolute Gasteiger partial charge is 0.345 e. The fourth-order valence-corrected chi connectivity index (χ4v) is 1.76. The minimum absolute atomic E-state index is 0. The van der Waals surface area contributed by atoms with Gasteiger partial charge in [0.15, 0.2) is 0 Å². The quantitative estimate of drug-likeness (QED) is 0.504. The van der Waals surface area contributed by atoms with Crippen molar-refractivity contribution < 1.29 is 5.48 Å². The second-order valence-electron chi connectivity index (χ2n) is 3.84. The van der Waals surface area contributed by atoms with E-state index in [0.717, 1.165) is 22.1 Å². The third-order valence-electron chi connectivity index (χ3n) is 2.66. The minimum atomic E-state index is 0. The lowest BCUT2D eigenvalue weighted by atomic mass is 10.3. The van der Waals surface area contributed by atoms with Gasteiger partial charge in [-0.1, -0.05) is 24.3 Å². The molecule has 0 aliphatic rings. The van der Waals surface area contributed by atoms with E-state index in [2.05, 4.69) is 19.9 Å². The topological polar surface area (TPSA) is 85.9 Å². The van der Waals surface area contributed by atoms with Gasteiger partial charge in [-0.2, -0.15) is 0 Å². The molecule has 0 saturated heterocycles. The molecule has 0 atom stereocenters. The predicted octanol–water partition coefficient (Wildman–Crippen LogP) is 3.01. The van der Waals surface area contributed by atoms with Crippen molar-refractivity contribution >= 4 is 22.1 Å². The number of nitrogens with zero attached hydrogens (tertiary/aromatic N) is 2. The van der Waals surface area contributed by atoms with Gasteiger partial charge in [-0.3, -0.25) is 0 Å². The molecular weight excluding hydrogens is 240 g/mol. The smallest absolute Gasteiger partial charge is 0.0931 e. The van der Waals surface area contributed by atoms with E-state index >= 15 is 0 Å². The first kappa shape index (κ1) is 12.8. The van der Waals surface area contributed by atoms with Crippen LogP contribution in [0.25, 0.3) is 22.1 Å². The van der Waals surface area contributed by atoms with Gasteiger partial charge >= 0.3 is 0 Å². The van der Waals surface area contributed by atoms with Crippen LogP contribution in [0.3, 0.4) is 0 Å². The molecule has 0 amide bonds. The summed E-state index contributed by atoms with van der Waals surface area (Å²) in [6.45, 7) is 0. The van der Waals surface area contributed by atoms with E-state index in [4.69, 9.17) is 0 Å². The van der Waals surface area contributed by atoms with E-state index < -0.39 is 0 Å². The van der Waals surface area contributed by atoms with Crippen molar-refractivity contribution in [2.24, 2.45) is 0 Å². The lowest BCUT2D eigenvalue weighted by Gasteiger charge is -1.81. The summed E-state index contributed by atoms with van der Waals surface area (Å²) in [4.78, 5) is 14.1. The maximum absolute atomic E-state index is 4.06. The van der Waals surface area contributed by atoms with Gasteiger partial charge in [0.2, 0.25) is 0 Å². The molecule has 5 nitrogen and oxygen atoms in total. The van der Waals surface area contributed by atoms with Crippen molar-refractivity contribution in [1.82, 2.24) is 19.9 Å². The van der Waals surface area contributed by atoms with Gasteiger partial charge in [-0.15, -0.1) is 0 Å². The molecule has 19 heavy (non-hydrogen) atoms. The van der Waals surface area contributed by atoms with Crippen molar-refractivity contribution in [1.29, 1.82) is 0 Å². The number of H-pyrrole nitrogens is 2. The highest BCUT2D eigenvalue weighted by atomic mass is 16.0. The standard InChI is InChI=1S/2C7H6N2.O/c2*1-2-4-7-6(3-1)8-5-9-7;/h2*1-5H,(H,8,9);. The van der Waals surface area contributed by atoms with E-state index in [1.54, 1.807) is 12.7 Å². The van der Waals surface area contributed by atoms with Crippen LogP contribution in [0.5, 0.6) is 0 Å². The fourth-order valence-electron chi connectivity index (χ4n) is 1.76. The molecule has 0 saturated carbocycles. The first-order chi connectivity index (χ1) is 8.93. The third kappa shape index (κ3) is 2.78. The average molecular weight is 252 g/mol. The highest BCUT2D eigenvalue weighted by Gasteiger charge is 1.89. The molecule has 2 N–H and O–H groups in total. The Morgan fingerprint density at radius 2 is 1.05 bits per heavy atom. The maximum atomic E-state index is 4.06. The fraction of sp³-hybridized carbons (Fsp3) is 0. The highest BCUT2D eigenvalue weighted by Crippen LogP contribution is 2.06. The number of aromatic nitrogens is 4. The summed E-state index contributed by atoms with van der Waals surface area (Å²) in [5, 5.41) is 0. The van der Waals surface area contributed by atoms with Crippen molar-refractivity contribution in [3.63, 3.8) is 0 Å². The summed E-state index contributed by atoms with van der Waals surface area (Å²) in [5.41, 5.74) is 4.24. The Morgan fingerprint density at radius 1 is 0.632 bits per heavy atom. The van der Waals surface area contributed by atoms with E-state index in [1.165, 1.54) is 0 Å². The number of imidazole rings is 2. The van der Waals surface area contributed by atoms with E-state index in [-0.39, 0.29) is 5.48 Å². The van der Waals surface area contributed by atoms with Gasteiger partial charge < -0.3 is 9.97 Å². The molecule has 2 aromatic carbocycles. The first-order valence-corrected chi connectivity index (χ1v) is 5.70. The zero-order valence-corrected chi connectivity index (χ0v) is 10.1. The Kier molecular flexibility index (Phi) is 3.90. The van der Waals surface area contributed by atoms with Crippen LogP contribution in [0.1, 0.15) is 0 Å². The van der Waals surface area contributed by atoms with Gasteiger partial charge in [0.1, 0.15) is 0 Å². The lowest BCUT2D eigenvalue weighted by molar-refractivity contribution is 0.686. The molecule has 0 bridgehead atoms. The molecule has 0 fully saturated rings. The molecule has 2 heterocycles. The van der Waals surface area contributed by atoms with Gasteiger partial charge in [0.25, 0.3) is 0 Å². The third-order valence-corrected chi connectivity index (χ3v) is 2.66. The summed E-state index contributed by atoms with van der Waals surface area (Å²) in [5.74, 6) is 0. The molecule has 4 rings (SSSR count). The molecule has 2 radical (unpaired) electrons. The van der Waals surface area contributed by atoms with Crippen LogP contribution in [0.15, 0.2) is 61.2 Å². The van der Waals surface area contributed by atoms with Gasteiger partial charge in [0, 0.05) is 5.48 Å². The molecule has 0 spiro atoms. The number of para-hydroxylation sites is 4. The summed E-state index contributed by atoms with van der Waals surface area (Å²) in [6, 6.07) is 15.9. The number of benzene rings is 2. The number of hydrogen-bond acceptors (Lipinski definition) is 2. The van der Waals surface area contributed by atoms with Crippen LogP contribution in [0, 0.1) is 0 Å². The maximum Gasteiger partial charge on any atom is 0.0931 e. The Bertz CT molecular complexity index is 633. The molecule has 4 aromatic rings. The minimum Gasteiger partial charge on any atom is -0.345 e. The molecule has 5 heteroatoms. The van der Waals surface area contributed by atoms with Crippen LogP contribution in [0.2, 0.25) is 0 Å². The van der Waals surface area contributed by atoms with Crippen LogP contribution < -0.4 is 0 Å². The Balaban J connectivity index is 0.000000133. The SMILES string of the molecule is [O].c1ccc2[nH]cnc2c1.c1ccc2[nH]cnc2c1. The van der Waals surface area contributed by atoms with Gasteiger partial charge in [0.05, 0.1) is 34.7 Å². The summed E-state index contributed by atoms with van der Waals surface area (Å²) >= 11 is 0. The molecule has 0 unspecified atom stereocenters. The molecule has 0 aliphatic heterocycles. The van der Waals surface area contributed by atoms with Crippen LogP contribution >= 0.6 is 0 Å². The molecule has 94 valence electrons. The van der Waals surface area contributed by atoms with Crippen LogP contribution in [0.4, 0.5) is 0 Å². The Hall–Kier alpha value is -2.66. The highest BCUT2D eigenvalue weighted by molar-refractivity contribution is 5.74. The molecular formula is C14H12N4O. The lowest BCUT2D eigenvalue weighted by Crippen LogP contribution is -1.63. The number of nitrogens with one attached hydrogen (secondary N) is 2. The van der Waals surface area contributed by atoms with Crippen molar-refractivity contribution in [3.8, 4) is 0 Å². The van der Waals surface area contributed by atoms with E-state index in [0.29, 0.717) is 0 Å². The second-order valence-corrected chi connectivity index (χ2v) is 3.84. The van der Waals surface area contributed by atoms with Crippen molar-refractivity contribution in [2.45, 2.75) is 0 Å². The zero-order chi connectivity index (χ0) is 12.2. The zero-order valence-electron chi connectivity index (χ0n) is 10.1. The molecule has 2 aromatic heterocycles. The number of fused-ring (bicyclic) bond motifs is 2. The predicted molar refractivity (Wildman–Crippen MR) is 72.9 cm³/mol. The number of rotatable bonds is 0. The summed E-state index contributed by atoms with van der Waals surface area (Å²) in [6.07, 6.45) is 3.40. The molecule has 0 aliphatic carbocycles. The number of aromatic amines is 2. The van der Waals surface area contributed by atoms with Crippen LogP contribution in [-0.2, 0) is 5.48 Å². The van der Waals surface area contributed by atoms with Crippen molar-refractivity contribution in [2.75, 3.05) is 0 Å². The number of hydrogen-bond donors (Lipinski definition) is 2. The van der Waals surface area contributed by atoms with Crippen molar-refractivity contribution in [3.05, 3.63) is 61.2 Å². The normalized spacial score (nSPS) is 9.68. The van der Waals surface area contributed by atoms with Gasteiger partial charge in [-0.05, 0) is 24.3 Å². The van der Waals surface area contributed by atoms with Crippen LogP contribution in [-0.4, -0.2) is 19.9 Å². The average Bonchev–Trinajstić information content (AvgIpc) is 3.08. The Morgan fingerprint density at radius 3 is 1.47 bits per heavy atom. The van der Waals surface area contributed by atoms with E-state index in [9.17, 15) is 0 Å². The van der Waals surface area contributed by atoms with E-state index in [1.807, 2.05) is 48.5 Å². The van der Waals surface area contributed by atoms with Gasteiger partial charge in [-0.25, -0.2) is 9.97 Å². The second kappa shape index (κ2) is 5.79.